The quantitative estimate of drug-likeness (QED) is 0.768. The van der Waals surface area contributed by atoms with Gasteiger partial charge in [0.05, 0.1) is 18.0 Å². The molecule has 6 heteroatoms. The van der Waals surface area contributed by atoms with Gasteiger partial charge >= 0.3 is 0 Å². The SMILES string of the molecule is CCC(COC)NS(=O)(=O)c1ccc(C#CCN)c(C)c1. The maximum absolute atomic E-state index is 12.3. The molecular weight excluding hydrogens is 288 g/mol. The summed E-state index contributed by atoms with van der Waals surface area (Å²) in [4.78, 5) is 0.229. The number of benzene rings is 1. The van der Waals surface area contributed by atoms with E-state index in [0.717, 1.165) is 11.1 Å². The average Bonchev–Trinajstić information content (AvgIpc) is 2.45. The Hall–Kier alpha value is -1.39. The first-order chi connectivity index (χ1) is 9.94. The van der Waals surface area contributed by atoms with Crippen molar-refractivity contribution < 1.29 is 13.2 Å². The minimum absolute atomic E-state index is 0.229. The van der Waals surface area contributed by atoms with E-state index < -0.39 is 10.0 Å². The minimum Gasteiger partial charge on any atom is -0.383 e. The summed E-state index contributed by atoms with van der Waals surface area (Å²) < 4.78 is 32.3. The number of hydrogen-bond acceptors (Lipinski definition) is 4. The van der Waals surface area contributed by atoms with E-state index >= 15 is 0 Å². The van der Waals surface area contributed by atoms with Gasteiger partial charge in [0.2, 0.25) is 10.0 Å². The monoisotopic (exact) mass is 310 g/mol. The predicted molar refractivity (Wildman–Crippen MR) is 83.4 cm³/mol. The number of sulfonamides is 1. The summed E-state index contributed by atoms with van der Waals surface area (Å²) in [6.07, 6.45) is 0.659. The first kappa shape index (κ1) is 17.7. The number of aryl methyl sites for hydroxylation is 1. The summed E-state index contributed by atoms with van der Waals surface area (Å²) in [5.41, 5.74) is 6.92. The fourth-order valence-electron chi connectivity index (χ4n) is 1.81. The summed E-state index contributed by atoms with van der Waals surface area (Å²) in [5.74, 6) is 5.67. The largest absolute Gasteiger partial charge is 0.383 e. The minimum atomic E-state index is -3.56. The van der Waals surface area contributed by atoms with Crippen molar-refractivity contribution >= 4 is 10.0 Å². The molecule has 0 radical (unpaired) electrons. The van der Waals surface area contributed by atoms with E-state index in [4.69, 9.17) is 10.5 Å². The van der Waals surface area contributed by atoms with Crippen molar-refractivity contribution in [2.75, 3.05) is 20.3 Å². The Morgan fingerprint density at radius 2 is 2.14 bits per heavy atom. The van der Waals surface area contributed by atoms with Gasteiger partial charge in [-0.1, -0.05) is 18.8 Å². The zero-order chi connectivity index (χ0) is 15.9. The molecular formula is C15H22N2O3S. The third-order valence-corrected chi connectivity index (χ3v) is 4.53. The summed E-state index contributed by atoms with van der Waals surface area (Å²) >= 11 is 0. The van der Waals surface area contributed by atoms with Crippen LogP contribution in [0.15, 0.2) is 23.1 Å². The van der Waals surface area contributed by atoms with Crippen LogP contribution in [0.2, 0.25) is 0 Å². The molecule has 1 atom stereocenters. The zero-order valence-corrected chi connectivity index (χ0v) is 13.5. The maximum Gasteiger partial charge on any atom is 0.240 e. The van der Waals surface area contributed by atoms with Crippen LogP contribution in [0.5, 0.6) is 0 Å². The van der Waals surface area contributed by atoms with Gasteiger partial charge in [-0.15, -0.1) is 0 Å². The zero-order valence-electron chi connectivity index (χ0n) is 12.6. The number of methoxy groups -OCH3 is 1. The lowest BCUT2D eigenvalue weighted by Crippen LogP contribution is -2.37. The lowest BCUT2D eigenvalue weighted by atomic mass is 10.1. The highest BCUT2D eigenvalue weighted by Gasteiger charge is 2.19. The highest BCUT2D eigenvalue weighted by molar-refractivity contribution is 7.89. The van der Waals surface area contributed by atoms with E-state index in [1.807, 2.05) is 13.8 Å². The summed E-state index contributed by atoms with van der Waals surface area (Å²) in [6.45, 7) is 4.35. The first-order valence-corrected chi connectivity index (χ1v) is 8.23. The fourth-order valence-corrected chi connectivity index (χ4v) is 3.20. The smallest absolute Gasteiger partial charge is 0.240 e. The molecule has 0 spiro atoms. The van der Waals surface area contributed by atoms with Gasteiger partial charge in [-0.05, 0) is 37.1 Å². The van der Waals surface area contributed by atoms with Gasteiger partial charge in [0.15, 0.2) is 0 Å². The predicted octanol–water partition coefficient (Wildman–Crippen LogP) is 1.01. The van der Waals surface area contributed by atoms with Gasteiger partial charge < -0.3 is 10.5 Å². The Bertz CT molecular complexity index is 630. The molecule has 0 aromatic heterocycles. The van der Waals surface area contributed by atoms with Crippen LogP contribution >= 0.6 is 0 Å². The second-order valence-electron chi connectivity index (χ2n) is 4.66. The number of nitrogens with one attached hydrogen (secondary N) is 1. The number of ether oxygens (including phenoxy) is 1. The molecule has 3 N–H and O–H groups in total. The summed E-state index contributed by atoms with van der Waals surface area (Å²) in [5, 5.41) is 0. The van der Waals surface area contributed by atoms with Crippen LogP contribution in [-0.2, 0) is 14.8 Å². The molecule has 0 aliphatic rings. The van der Waals surface area contributed by atoms with Crippen LogP contribution in [-0.4, -0.2) is 34.7 Å². The molecule has 0 fully saturated rings. The standard InChI is InChI=1S/C15H22N2O3S/c1-4-14(11-20-3)17-21(18,19)15-8-7-13(6-5-9-16)12(2)10-15/h7-8,10,14,17H,4,9,11,16H2,1-3H3. The maximum atomic E-state index is 12.3. The summed E-state index contributed by atoms with van der Waals surface area (Å²) in [7, 11) is -2.01. The lowest BCUT2D eigenvalue weighted by molar-refractivity contribution is 0.173. The highest BCUT2D eigenvalue weighted by atomic mass is 32.2. The van der Waals surface area contributed by atoms with Crippen molar-refractivity contribution in [3.63, 3.8) is 0 Å². The molecule has 1 aromatic carbocycles. The van der Waals surface area contributed by atoms with Crippen LogP contribution in [0.25, 0.3) is 0 Å². The Kier molecular flexibility index (Phi) is 6.85. The van der Waals surface area contributed by atoms with Crippen molar-refractivity contribution in [3.8, 4) is 11.8 Å². The van der Waals surface area contributed by atoms with Crippen LogP contribution in [0.4, 0.5) is 0 Å². The molecule has 0 bridgehead atoms. The second-order valence-corrected chi connectivity index (χ2v) is 6.38. The van der Waals surface area contributed by atoms with Crippen LogP contribution in [0.3, 0.4) is 0 Å². The van der Waals surface area contributed by atoms with Crippen LogP contribution in [0, 0.1) is 18.8 Å². The Morgan fingerprint density at radius 3 is 2.67 bits per heavy atom. The van der Waals surface area contributed by atoms with E-state index in [9.17, 15) is 8.42 Å². The van der Waals surface area contributed by atoms with E-state index in [0.29, 0.717) is 13.0 Å². The molecule has 5 nitrogen and oxygen atoms in total. The Balaban J connectivity index is 3.01. The van der Waals surface area contributed by atoms with Gasteiger partial charge in [-0.3, -0.25) is 0 Å². The third-order valence-electron chi connectivity index (χ3n) is 3.02. The van der Waals surface area contributed by atoms with E-state index in [2.05, 4.69) is 16.6 Å². The summed E-state index contributed by atoms with van der Waals surface area (Å²) in [6, 6.07) is 4.62. The van der Waals surface area contributed by atoms with Crippen molar-refractivity contribution in [2.45, 2.75) is 31.2 Å². The molecule has 0 heterocycles. The van der Waals surface area contributed by atoms with Crippen LogP contribution < -0.4 is 10.5 Å². The number of hydrogen-bond donors (Lipinski definition) is 2. The van der Waals surface area contributed by atoms with Crippen molar-refractivity contribution in [3.05, 3.63) is 29.3 Å². The van der Waals surface area contributed by atoms with Gasteiger partial charge in [-0.25, -0.2) is 13.1 Å². The molecule has 116 valence electrons. The molecule has 1 rings (SSSR count). The van der Waals surface area contributed by atoms with Gasteiger partial charge in [0, 0.05) is 18.7 Å². The third kappa shape index (κ3) is 5.14. The molecule has 21 heavy (non-hydrogen) atoms. The van der Waals surface area contributed by atoms with Gasteiger partial charge in [0.25, 0.3) is 0 Å². The number of rotatable bonds is 6. The van der Waals surface area contributed by atoms with E-state index in [-0.39, 0.29) is 17.5 Å². The Morgan fingerprint density at radius 1 is 1.43 bits per heavy atom. The topological polar surface area (TPSA) is 81.4 Å². The lowest BCUT2D eigenvalue weighted by Gasteiger charge is -2.16. The van der Waals surface area contributed by atoms with Gasteiger partial charge in [0.1, 0.15) is 0 Å². The van der Waals surface area contributed by atoms with Crippen molar-refractivity contribution in [1.29, 1.82) is 0 Å². The molecule has 1 unspecified atom stereocenters. The number of nitrogens with two attached hydrogens (primary N) is 1. The molecule has 0 saturated heterocycles. The normalized spacial score (nSPS) is 12.6. The molecule has 1 aromatic rings. The Labute approximate surface area is 126 Å². The average molecular weight is 310 g/mol. The van der Waals surface area contributed by atoms with E-state index in [1.54, 1.807) is 25.3 Å². The molecule has 0 aliphatic heterocycles. The highest BCUT2D eigenvalue weighted by Crippen LogP contribution is 2.15. The molecule has 0 amide bonds. The molecule has 0 saturated carbocycles. The van der Waals surface area contributed by atoms with Crippen LogP contribution in [0.1, 0.15) is 24.5 Å². The van der Waals surface area contributed by atoms with Gasteiger partial charge in [-0.2, -0.15) is 0 Å². The molecule has 0 aliphatic carbocycles. The van der Waals surface area contributed by atoms with E-state index in [1.165, 1.54) is 0 Å². The van der Waals surface area contributed by atoms with Crippen molar-refractivity contribution in [2.24, 2.45) is 5.73 Å². The van der Waals surface area contributed by atoms with Crippen molar-refractivity contribution in [1.82, 2.24) is 4.72 Å². The second kappa shape index (κ2) is 8.15. The fraction of sp³-hybridized carbons (Fsp3) is 0.467. The first-order valence-electron chi connectivity index (χ1n) is 6.75.